The fourth-order valence-corrected chi connectivity index (χ4v) is 2.54. The van der Waals surface area contributed by atoms with Gasteiger partial charge in [0.15, 0.2) is 0 Å². The monoisotopic (exact) mass is 237 g/mol. The van der Waals surface area contributed by atoms with E-state index in [1.54, 1.807) is 6.20 Å². The van der Waals surface area contributed by atoms with E-state index >= 15 is 0 Å². The standard InChI is InChI=1S/C12H16ClN3/c13-11-2-1-6-14-12(11)15-9-5-7-16(8-9)10-3-4-10/h1-2,6,9-10H,3-5,7-8H2,(H,14,15). The second-order valence-electron chi connectivity index (χ2n) is 4.69. The highest BCUT2D eigenvalue weighted by Crippen LogP contribution is 2.31. The lowest BCUT2D eigenvalue weighted by molar-refractivity contribution is 0.326. The summed E-state index contributed by atoms with van der Waals surface area (Å²) in [7, 11) is 0. The first-order chi connectivity index (χ1) is 7.83. The first kappa shape index (κ1) is 10.4. The average Bonchev–Trinajstić information content (AvgIpc) is 3.03. The molecule has 1 aromatic heterocycles. The number of anilines is 1. The number of aromatic nitrogens is 1. The van der Waals surface area contributed by atoms with Crippen LogP contribution in [0.5, 0.6) is 0 Å². The molecule has 3 nitrogen and oxygen atoms in total. The zero-order valence-corrected chi connectivity index (χ0v) is 9.95. The molecule has 0 bridgehead atoms. The van der Waals surface area contributed by atoms with Gasteiger partial charge in [-0.25, -0.2) is 4.98 Å². The summed E-state index contributed by atoms with van der Waals surface area (Å²) in [4.78, 5) is 6.84. The van der Waals surface area contributed by atoms with Crippen molar-refractivity contribution in [3.63, 3.8) is 0 Å². The summed E-state index contributed by atoms with van der Waals surface area (Å²) in [6, 6.07) is 5.11. The van der Waals surface area contributed by atoms with Gasteiger partial charge in [-0.05, 0) is 31.4 Å². The molecule has 86 valence electrons. The molecule has 1 aliphatic heterocycles. The van der Waals surface area contributed by atoms with Crippen molar-refractivity contribution in [1.82, 2.24) is 9.88 Å². The summed E-state index contributed by atoms with van der Waals surface area (Å²) >= 11 is 6.08. The highest BCUT2D eigenvalue weighted by molar-refractivity contribution is 6.32. The molecule has 1 saturated heterocycles. The maximum absolute atomic E-state index is 6.08. The molecule has 1 aliphatic carbocycles. The van der Waals surface area contributed by atoms with Gasteiger partial charge in [-0.3, -0.25) is 4.90 Å². The smallest absolute Gasteiger partial charge is 0.145 e. The molecule has 4 heteroatoms. The Morgan fingerprint density at radius 3 is 3.00 bits per heavy atom. The lowest BCUT2D eigenvalue weighted by Gasteiger charge is -2.16. The van der Waals surface area contributed by atoms with Crippen LogP contribution in [0.25, 0.3) is 0 Å². The molecular weight excluding hydrogens is 222 g/mol. The van der Waals surface area contributed by atoms with E-state index in [9.17, 15) is 0 Å². The number of nitrogens with zero attached hydrogens (tertiary/aromatic N) is 2. The zero-order chi connectivity index (χ0) is 11.0. The van der Waals surface area contributed by atoms with E-state index < -0.39 is 0 Å². The first-order valence-electron chi connectivity index (χ1n) is 5.94. The molecule has 0 radical (unpaired) electrons. The minimum Gasteiger partial charge on any atom is -0.365 e. The maximum Gasteiger partial charge on any atom is 0.145 e. The van der Waals surface area contributed by atoms with Crippen molar-refractivity contribution in [1.29, 1.82) is 0 Å². The molecule has 2 aliphatic rings. The molecule has 1 atom stereocenters. The Kier molecular flexibility index (Phi) is 2.74. The quantitative estimate of drug-likeness (QED) is 0.875. The molecule has 0 aromatic carbocycles. The van der Waals surface area contributed by atoms with E-state index in [4.69, 9.17) is 11.6 Å². The van der Waals surface area contributed by atoms with Crippen LogP contribution in [-0.2, 0) is 0 Å². The minimum absolute atomic E-state index is 0.507. The van der Waals surface area contributed by atoms with Gasteiger partial charge in [0.1, 0.15) is 5.82 Å². The summed E-state index contributed by atoms with van der Waals surface area (Å²) in [6.07, 6.45) is 5.75. The Bertz CT molecular complexity index is 378. The molecular formula is C12H16ClN3. The Balaban J connectivity index is 1.61. The molecule has 2 heterocycles. The van der Waals surface area contributed by atoms with Crippen molar-refractivity contribution in [2.75, 3.05) is 18.4 Å². The number of rotatable bonds is 3. The summed E-state index contributed by atoms with van der Waals surface area (Å²) in [5.41, 5.74) is 0. The Morgan fingerprint density at radius 1 is 1.38 bits per heavy atom. The average molecular weight is 238 g/mol. The number of pyridine rings is 1. The van der Waals surface area contributed by atoms with Crippen LogP contribution in [0.1, 0.15) is 19.3 Å². The predicted molar refractivity (Wildman–Crippen MR) is 65.9 cm³/mol. The normalized spacial score (nSPS) is 25.9. The van der Waals surface area contributed by atoms with Gasteiger partial charge < -0.3 is 5.32 Å². The summed E-state index contributed by atoms with van der Waals surface area (Å²) in [6.45, 7) is 2.35. The minimum atomic E-state index is 0.507. The number of likely N-dealkylation sites (tertiary alicyclic amines) is 1. The third kappa shape index (κ3) is 2.15. The van der Waals surface area contributed by atoms with Gasteiger partial charge in [-0.15, -0.1) is 0 Å². The molecule has 3 rings (SSSR count). The molecule has 1 saturated carbocycles. The van der Waals surface area contributed by atoms with E-state index in [1.807, 2.05) is 12.1 Å². The van der Waals surface area contributed by atoms with Gasteiger partial charge in [0, 0.05) is 31.4 Å². The molecule has 2 fully saturated rings. The van der Waals surface area contributed by atoms with Gasteiger partial charge in [-0.2, -0.15) is 0 Å². The van der Waals surface area contributed by atoms with E-state index in [0.29, 0.717) is 11.1 Å². The van der Waals surface area contributed by atoms with Gasteiger partial charge in [0.05, 0.1) is 5.02 Å². The topological polar surface area (TPSA) is 28.2 Å². The van der Waals surface area contributed by atoms with Gasteiger partial charge in [0.2, 0.25) is 0 Å². The van der Waals surface area contributed by atoms with E-state index in [-0.39, 0.29) is 0 Å². The van der Waals surface area contributed by atoms with Crippen LogP contribution in [0.2, 0.25) is 5.02 Å². The van der Waals surface area contributed by atoms with Crippen LogP contribution < -0.4 is 5.32 Å². The Morgan fingerprint density at radius 2 is 2.25 bits per heavy atom. The van der Waals surface area contributed by atoms with Gasteiger partial charge >= 0.3 is 0 Å². The van der Waals surface area contributed by atoms with Gasteiger partial charge in [0.25, 0.3) is 0 Å². The predicted octanol–water partition coefficient (Wildman–Crippen LogP) is 2.38. The van der Waals surface area contributed by atoms with Crippen LogP contribution in [0, 0.1) is 0 Å². The van der Waals surface area contributed by atoms with Gasteiger partial charge in [-0.1, -0.05) is 11.6 Å². The summed E-state index contributed by atoms with van der Waals surface area (Å²) in [5.74, 6) is 0.826. The van der Waals surface area contributed by atoms with E-state index in [2.05, 4.69) is 15.2 Å². The van der Waals surface area contributed by atoms with E-state index in [0.717, 1.165) is 18.4 Å². The number of hydrogen-bond acceptors (Lipinski definition) is 3. The van der Waals surface area contributed by atoms with Crippen molar-refractivity contribution < 1.29 is 0 Å². The van der Waals surface area contributed by atoms with Crippen LogP contribution in [0.3, 0.4) is 0 Å². The Hall–Kier alpha value is -0.800. The van der Waals surface area contributed by atoms with Crippen LogP contribution >= 0.6 is 11.6 Å². The first-order valence-corrected chi connectivity index (χ1v) is 6.32. The van der Waals surface area contributed by atoms with Crippen molar-refractivity contribution in [3.05, 3.63) is 23.4 Å². The van der Waals surface area contributed by atoms with Crippen molar-refractivity contribution in [2.45, 2.75) is 31.3 Å². The number of halogens is 1. The molecule has 1 unspecified atom stereocenters. The number of nitrogens with one attached hydrogen (secondary N) is 1. The van der Waals surface area contributed by atoms with Crippen molar-refractivity contribution >= 4 is 17.4 Å². The third-order valence-electron chi connectivity index (χ3n) is 3.38. The molecule has 1 N–H and O–H groups in total. The lowest BCUT2D eigenvalue weighted by atomic mass is 10.2. The molecule has 0 amide bonds. The second kappa shape index (κ2) is 4.22. The van der Waals surface area contributed by atoms with Crippen LogP contribution in [0.15, 0.2) is 18.3 Å². The highest BCUT2D eigenvalue weighted by Gasteiger charge is 2.34. The van der Waals surface area contributed by atoms with Crippen molar-refractivity contribution in [2.24, 2.45) is 0 Å². The summed E-state index contributed by atoms with van der Waals surface area (Å²) < 4.78 is 0. The fraction of sp³-hybridized carbons (Fsp3) is 0.583. The highest BCUT2D eigenvalue weighted by atomic mass is 35.5. The zero-order valence-electron chi connectivity index (χ0n) is 9.19. The molecule has 1 aromatic rings. The third-order valence-corrected chi connectivity index (χ3v) is 3.69. The Labute approximate surface area is 101 Å². The summed E-state index contributed by atoms with van der Waals surface area (Å²) in [5, 5.41) is 4.15. The van der Waals surface area contributed by atoms with Crippen molar-refractivity contribution in [3.8, 4) is 0 Å². The van der Waals surface area contributed by atoms with Crippen LogP contribution in [-0.4, -0.2) is 35.1 Å². The fourth-order valence-electron chi connectivity index (χ4n) is 2.36. The van der Waals surface area contributed by atoms with Crippen LogP contribution in [0.4, 0.5) is 5.82 Å². The largest absolute Gasteiger partial charge is 0.365 e. The maximum atomic E-state index is 6.08. The lowest BCUT2D eigenvalue weighted by Crippen LogP contribution is -2.28. The second-order valence-corrected chi connectivity index (χ2v) is 5.10. The molecule has 0 spiro atoms. The SMILES string of the molecule is Clc1cccnc1NC1CCN(C2CC2)C1. The number of hydrogen-bond donors (Lipinski definition) is 1. The van der Waals surface area contributed by atoms with E-state index in [1.165, 1.54) is 25.8 Å². The molecule has 16 heavy (non-hydrogen) atoms.